The van der Waals surface area contributed by atoms with Gasteiger partial charge in [-0.3, -0.25) is 4.79 Å². The van der Waals surface area contributed by atoms with Crippen LogP contribution in [0.25, 0.3) is 0 Å². The maximum Gasteiger partial charge on any atom is 0.222 e. The molecule has 1 unspecified atom stereocenters. The Balaban J connectivity index is 1.56. The summed E-state index contributed by atoms with van der Waals surface area (Å²) in [6.45, 7) is 3.69. The predicted octanol–water partition coefficient (Wildman–Crippen LogP) is 2.74. The predicted molar refractivity (Wildman–Crippen MR) is 84.5 cm³/mol. The third kappa shape index (κ3) is 3.18. The van der Waals surface area contributed by atoms with E-state index in [-0.39, 0.29) is 5.91 Å². The van der Waals surface area contributed by atoms with Crippen molar-refractivity contribution in [1.29, 1.82) is 0 Å². The molecular formula is C16H21N3OS. The number of hydrogen-bond donors (Lipinski definition) is 0. The average molecular weight is 303 g/mol. The molecule has 0 aliphatic carbocycles. The highest BCUT2D eigenvalue weighted by Gasteiger charge is 2.29. The minimum absolute atomic E-state index is 0.275. The van der Waals surface area contributed by atoms with Gasteiger partial charge in [0.15, 0.2) is 0 Å². The maximum absolute atomic E-state index is 12.3. The molecule has 1 aliphatic rings. The molecule has 5 heteroatoms. The van der Waals surface area contributed by atoms with Gasteiger partial charge >= 0.3 is 0 Å². The van der Waals surface area contributed by atoms with E-state index in [0.29, 0.717) is 12.3 Å². The molecular weight excluding hydrogens is 282 g/mol. The van der Waals surface area contributed by atoms with Crippen LogP contribution in [0.15, 0.2) is 23.7 Å². The van der Waals surface area contributed by atoms with Crippen molar-refractivity contribution in [1.82, 2.24) is 14.5 Å². The summed E-state index contributed by atoms with van der Waals surface area (Å²) in [6, 6.07) is 4.14. The van der Waals surface area contributed by atoms with Gasteiger partial charge in [-0.1, -0.05) is 6.07 Å². The van der Waals surface area contributed by atoms with Crippen molar-refractivity contribution >= 4 is 17.2 Å². The number of aryl methyl sites for hydroxylation is 3. The van der Waals surface area contributed by atoms with Crippen LogP contribution in [0.4, 0.5) is 0 Å². The van der Waals surface area contributed by atoms with Gasteiger partial charge in [-0.2, -0.15) is 0 Å². The lowest BCUT2D eigenvalue weighted by molar-refractivity contribution is -0.130. The summed E-state index contributed by atoms with van der Waals surface area (Å²) < 4.78 is 2.10. The average Bonchev–Trinajstić information content (AvgIpc) is 3.16. The Morgan fingerprint density at radius 1 is 1.52 bits per heavy atom. The van der Waals surface area contributed by atoms with Crippen LogP contribution in [0, 0.1) is 6.92 Å². The van der Waals surface area contributed by atoms with Crippen LogP contribution in [0.2, 0.25) is 0 Å². The number of imidazole rings is 1. The fraction of sp³-hybridized carbons (Fsp3) is 0.500. The van der Waals surface area contributed by atoms with E-state index in [1.165, 1.54) is 4.88 Å². The summed E-state index contributed by atoms with van der Waals surface area (Å²) in [6.07, 6.45) is 4.55. The van der Waals surface area contributed by atoms with Crippen molar-refractivity contribution in [3.8, 4) is 0 Å². The van der Waals surface area contributed by atoms with Gasteiger partial charge in [0.1, 0.15) is 5.82 Å². The number of thiophene rings is 1. The van der Waals surface area contributed by atoms with Crippen LogP contribution in [-0.4, -0.2) is 33.4 Å². The van der Waals surface area contributed by atoms with Crippen LogP contribution in [0.3, 0.4) is 0 Å². The molecule has 21 heavy (non-hydrogen) atoms. The van der Waals surface area contributed by atoms with Gasteiger partial charge in [0, 0.05) is 43.5 Å². The quantitative estimate of drug-likeness (QED) is 0.871. The van der Waals surface area contributed by atoms with Gasteiger partial charge in [-0.15, -0.1) is 11.3 Å². The Labute approximate surface area is 129 Å². The monoisotopic (exact) mass is 303 g/mol. The van der Waals surface area contributed by atoms with Crippen molar-refractivity contribution < 1.29 is 4.79 Å². The fourth-order valence-corrected chi connectivity index (χ4v) is 3.76. The number of nitrogens with zero attached hydrogens (tertiary/aromatic N) is 3. The highest BCUT2D eigenvalue weighted by atomic mass is 32.1. The van der Waals surface area contributed by atoms with Crippen LogP contribution < -0.4 is 0 Å². The molecule has 1 amide bonds. The normalized spacial score (nSPS) is 18.4. The molecule has 0 N–H and O–H groups in total. The fourth-order valence-electron chi connectivity index (χ4n) is 3.05. The van der Waals surface area contributed by atoms with E-state index < -0.39 is 0 Å². The molecule has 3 rings (SSSR count). The lowest BCUT2D eigenvalue weighted by Gasteiger charge is -2.16. The van der Waals surface area contributed by atoms with Crippen LogP contribution >= 0.6 is 11.3 Å². The Hall–Kier alpha value is -1.62. The van der Waals surface area contributed by atoms with Crippen molar-refractivity contribution in [2.45, 2.75) is 32.1 Å². The molecule has 2 aromatic rings. The smallest absolute Gasteiger partial charge is 0.222 e. The Bertz CT molecular complexity index is 618. The van der Waals surface area contributed by atoms with Crippen molar-refractivity contribution in [2.24, 2.45) is 7.05 Å². The minimum Gasteiger partial charge on any atom is -0.342 e. The van der Waals surface area contributed by atoms with Crippen molar-refractivity contribution in [3.63, 3.8) is 0 Å². The molecule has 0 bridgehead atoms. The highest BCUT2D eigenvalue weighted by Crippen LogP contribution is 2.27. The molecule has 0 aromatic carbocycles. The standard InChI is InChI=1S/C16H21N3OS/c1-12-10-18(2)16(17-12)13-7-8-19(11-13)15(20)6-5-14-4-3-9-21-14/h3-4,9-10,13H,5-8,11H2,1-2H3. The molecule has 0 radical (unpaired) electrons. The zero-order valence-corrected chi connectivity index (χ0v) is 13.4. The molecule has 1 aliphatic heterocycles. The zero-order chi connectivity index (χ0) is 14.8. The first-order valence-electron chi connectivity index (χ1n) is 7.43. The lowest BCUT2D eigenvalue weighted by atomic mass is 10.1. The van der Waals surface area contributed by atoms with E-state index in [1.54, 1.807) is 11.3 Å². The van der Waals surface area contributed by atoms with E-state index in [2.05, 4.69) is 27.2 Å². The van der Waals surface area contributed by atoms with Gasteiger partial charge in [-0.05, 0) is 31.2 Å². The third-order valence-electron chi connectivity index (χ3n) is 4.10. The van der Waals surface area contributed by atoms with Gasteiger partial charge < -0.3 is 9.47 Å². The molecule has 0 spiro atoms. The lowest BCUT2D eigenvalue weighted by Crippen LogP contribution is -2.28. The first-order chi connectivity index (χ1) is 10.1. The molecule has 2 aromatic heterocycles. The highest BCUT2D eigenvalue weighted by molar-refractivity contribution is 7.09. The van der Waals surface area contributed by atoms with E-state index in [0.717, 1.165) is 37.4 Å². The molecule has 1 atom stereocenters. The third-order valence-corrected chi connectivity index (χ3v) is 5.04. The SMILES string of the molecule is Cc1cn(C)c(C2CCN(C(=O)CCc3cccs3)C2)n1. The van der Waals surface area contributed by atoms with Crippen molar-refractivity contribution in [3.05, 3.63) is 40.1 Å². The molecule has 1 saturated heterocycles. The van der Waals surface area contributed by atoms with Gasteiger partial charge in [0.05, 0.1) is 5.69 Å². The second kappa shape index (κ2) is 6.02. The van der Waals surface area contributed by atoms with Gasteiger partial charge in [0.2, 0.25) is 5.91 Å². The van der Waals surface area contributed by atoms with Crippen molar-refractivity contribution in [2.75, 3.05) is 13.1 Å². The van der Waals surface area contributed by atoms with Crippen LogP contribution in [-0.2, 0) is 18.3 Å². The number of carbonyl (C=O) groups is 1. The molecule has 112 valence electrons. The topological polar surface area (TPSA) is 38.1 Å². The minimum atomic E-state index is 0.275. The number of amides is 1. The zero-order valence-electron chi connectivity index (χ0n) is 12.6. The van der Waals surface area contributed by atoms with E-state index in [9.17, 15) is 4.79 Å². The molecule has 1 fully saturated rings. The number of likely N-dealkylation sites (tertiary alicyclic amines) is 1. The number of carbonyl (C=O) groups excluding carboxylic acids is 1. The summed E-state index contributed by atoms with van der Waals surface area (Å²) >= 11 is 1.73. The summed E-state index contributed by atoms with van der Waals surface area (Å²) in [5.41, 5.74) is 1.05. The molecule has 3 heterocycles. The number of aromatic nitrogens is 2. The van der Waals surface area contributed by atoms with Gasteiger partial charge in [0.25, 0.3) is 0 Å². The second-order valence-corrected chi connectivity index (χ2v) is 6.79. The van der Waals surface area contributed by atoms with Crippen LogP contribution in [0.1, 0.15) is 35.2 Å². The first kappa shape index (κ1) is 14.3. The van der Waals surface area contributed by atoms with E-state index >= 15 is 0 Å². The summed E-state index contributed by atoms with van der Waals surface area (Å²) in [7, 11) is 2.04. The number of rotatable bonds is 4. The second-order valence-electron chi connectivity index (χ2n) is 5.76. The summed E-state index contributed by atoms with van der Waals surface area (Å²) in [5.74, 6) is 1.77. The summed E-state index contributed by atoms with van der Waals surface area (Å²) in [4.78, 5) is 20.2. The molecule has 4 nitrogen and oxygen atoms in total. The maximum atomic E-state index is 12.3. The van der Waals surface area contributed by atoms with Crippen LogP contribution in [0.5, 0.6) is 0 Å². The van der Waals surface area contributed by atoms with E-state index in [4.69, 9.17) is 0 Å². The van der Waals surface area contributed by atoms with Gasteiger partial charge in [-0.25, -0.2) is 4.98 Å². The first-order valence-corrected chi connectivity index (χ1v) is 8.31. The van der Waals surface area contributed by atoms with E-state index in [1.807, 2.05) is 24.9 Å². The molecule has 0 saturated carbocycles. The largest absolute Gasteiger partial charge is 0.342 e. The Morgan fingerprint density at radius 3 is 3.05 bits per heavy atom. The Morgan fingerprint density at radius 2 is 2.38 bits per heavy atom. The summed E-state index contributed by atoms with van der Waals surface area (Å²) in [5, 5.41) is 2.06. The number of hydrogen-bond acceptors (Lipinski definition) is 3. The Kier molecular flexibility index (Phi) is 4.10.